The van der Waals surface area contributed by atoms with Crippen molar-refractivity contribution < 1.29 is 14.4 Å². The number of amides is 3. The molecule has 0 spiro atoms. The van der Waals surface area contributed by atoms with Crippen LogP contribution in [0, 0.1) is 0 Å². The van der Waals surface area contributed by atoms with E-state index in [4.69, 9.17) is 16.6 Å². The third kappa shape index (κ3) is 3.41. The molecule has 5 rings (SSSR count). The van der Waals surface area contributed by atoms with Crippen LogP contribution in [0.2, 0.25) is 5.02 Å². The summed E-state index contributed by atoms with van der Waals surface area (Å²) >= 11 is 5.99. The number of piperidine rings is 1. The zero-order chi connectivity index (χ0) is 21.7. The van der Waals surface area contributed by atoms with Crippen molar-refractivity contribution in [1.29, 1.82) is 0 Å². The molecule has 1 aromatic heterocycles. The summed E-state index contributed by atoms with van der Waals surface area (Å²) in [6.07, 6.45) is 2.53. The van der Waals surface area contributed by atoms with Gasteiger partial charge in [0, 0.05) is 47.9 Å². The standard InChI is InChI=1S/C23H19ClN4O3/c1-27-12-18(25-21(27)13-2-5-16(24)6-3-13)14-4-7-17-15(10-14)11-28(23(17)31)19-8-9-20(29)26-22(19)30/h2-7,10,12,19H,8-9,11H2,1H3,(H,26,29,30). The van der Waals surface area contributed by atoms with E-state index < -0.39 is 11.9 Å². The van der Waals surface area contributed by atoms with Gasteiger partial charge in [-0.15, -0.1) is 0 Å². The number of nitrogens with zero attached hydrogens (tertiary/aromatic N) is 3. The zero-order valence-corrected chi connectivity index (χ0v) is 17.5. The van der Waals surface area contributed by atoms with Gasteiger partial charge in [-0.3, -0.25) is 19.7 Å². The van der Waals surface area contributed by atoms with Crippen molar-refractivity contribution >= 4 is 29.3 Å². The summed E-state index contributed by atoms with van der Waals surface area (Å²) in [6.45, 7) is 0.338. The number of aromatic nitrogens is 2. The van der Waals surface area contributed by atoms with E-state index in [1.807, 2.05) is 54.2 Å². The molecule has 1 unspecified atom stereocenters. The normalized spacial score (nSPS) is 18.3. The number of rotatable bonds is 3. The molecular formula is C23H19ClN4O3. The molecular weight excluding hydrogens is 416 g/mol. The smallest absolute Gasteiger partial charge is 0.255 e. The van der Waals surface area contributed by atoms with E-state index in [2.05, 4.69) is 5.32 Å². The van der Waals surface area contributed by atoms with Crippen LogP contribution >= 0.6 is 11.6 Å². The first kappa shape index (κ1) is 19.5. The number of carbonyl (C=O) groups excluding carboxylic acids is 3. The largest absolute Gasteiger partial charge is 0.333 e. The predicted octanol–water partition coefficient (Wildman–Crippen LogP) is 3.17. The molecule has 0 bridgehead atoms. The quantitative estimate of drug-likeness (QED) is 0.642. The Morgan fingerprint density at radius 1 is 1.06 bits per heavy atom. The topological polar surface area (TPSA) is 84.3 Å². The first-order valence-corrected chi connectivity index (χ1v) is 10.4. The van der Waals surface area contributed by atoms with Gasteiger partial charge in [-0.25, -0.2) is 4.98 Å². The van der Waals surface area contributed by atoms with Crippen molar-refractivity contribution in [3.8, 4) is 22.6 Å². The summed E-state index contributed by atoms with van der Waals surface area (Å²) in [7, 11) is 1.93. The van der Waals surface area contributed by atoms with Crippen LogP contribution in [0.4, 0.5) is 0 Å². The number of halogens is 1. The van der Waals surface area contributed by atoms with E-state index in [1.54, 1.807) is 11.0 Å². The van der Waals surface area contributed by atoms with Crippen molar-refractivity contribution in [3.05, 3.63) is 64.8 Å². The van der Waals surface area contributed by atoms with Crippen LogP contribution in [0.25, 0.3) is 22.6 Å². The van der Waals surface area contributed by atoms with Gasteiger partial charge < -0.3 is 9.47 Å². The van der Waals surface area contributed by atoms with Gasteiger partial charge in [0.15, 0.2) is 0 Å². The average molecular weight is 435 g/mol. The number of carbonyl (C=O) groups is 3. The maximum Gasteiger partial charge on any atom is 0.255 e. The maximum absolute atomic E-state index is 12.9. The summed E-state index contributed by atoms with van der Waals surface area (Å²) in [5, 5.41) is 2.99. The minimum Gasteiger partial charge on any atom is -0.333 e. The van der Waals surface area contributed by atoms with Crippen LogP contribution in [0.15, 0.2) is 48.7 Å². The van der Waals surface area contributed by atoms with Gasteiger partial charge >= 0.3 is 0 Å². The highest BCUT2D eigenvalue weighted by atomic mass is 35.5. The Balaban J connectivity index is 1.43. The van der Waals surface area contributed by atoms with Gasteiger partial charge in [0.05, 0.1) is 5.69 Å². The molecule has 2 aliphatic rings. The Morgan fingerprint density at radius 2 is 1.81 bits per heavy atom. The summed E-state index contributed by atoms with van der Waals surface area (Å²) < 4.78 is 1.95. The van der Waals surface area contributed by atoms with Gasteiger partial charge in [-0.05, 0) is 48.4 Å². The molecule has 156 valence electrons. The van der Waals surface area contributed by atoms with Crippen molar-refractivity contribution in [1.82, 2.24) is 19.8 Å². The molecule has 7 nitrogen and oxygen atoms in total. The lowest BCUT2D eigenvalue weighted by atomic mass is 10.0. The summed E-state index contributed by atoms with van der Waals surface area (Å²) in [6, 6.07) is 12.5. The highest BCUT2D eigenvalue weighted by molar-refractivity contribution is 6.30. The number of imidazole rings is 1. The molecule has 0 aliphatic carbocycles. The van der Waals surface area contributed by atoms with E-state index in [0.717, 1.165) is 28.2 Å². The van der Waals surface area contributed by atoms with E-state index in [0.29, 0.717) is 23.6 Å². The molecule has 1 atom stereocenters. The highest BCUT2D eigenvalue weighted by Crippen LogP contribution is 2.32. The fourth-order valence-corrected chi connectivity index (χ4v) is 4.33. The van der Waals surface area contributed by atoms with E-state index in [9.17, 15) is 14.4 Å². The summed E-state index contributed by atoms with van der Waals surface area (Å²) in [4.78, 5) is 42.9. The fraction of sp³-hybridized carbons (Fsp3) is 0.217. The third-order valence-electron chi connectivity index (χ3n) is 5.80. The van der Waals surface area contributed by atoms with E-state index in [-0.39, 0.29) is 18.2 Å². The Kier molecular flexibility index (Phi) is 4.63. The number of hydrogen-bond acceptors (Lipinski definition) is 4. The molecule has 3 heterocycles. The molecule has 0 saturated carbocycles. The number of fused-ring (bicyclic) bond motifs is 1. The number of aryl methyl sites for hydroxylation is 1. The van der Waals surface area contributed by atoms with Crippen LogP contribution in [-0.2, 0) is 23.2 Å². The molecule has 1 N–H and O–H groups in total. The number of hydrogen-bond donors (Lipinski definition) is 1. The lowest BCUT2D eigenvalue weighted by molar-refractivity contribution is -0.136. The SMILES string of the molecule is Cn1cc(-c2ccc3c(c2)CN(C2CCC(=O)NC2=O)C3=O)nc1-c1ccc(Cl)cc1. The number of nitrogens with one attached hydrogen (secondary N) is 1. The second kappa shape index (κ2) is 7.35. The first-order valence-electron chi connectivity index (χ1n) is 9.98. The molecule has 1 saturated heterocycles. The molecule has 3 aromatic rings. The lowest BCUT2D eigenvalue weighted by Crippen LogP contribution is -2.52. The van der Waals surface area contributed by atoms with E-state index in [1.165, 1.54) is 0 Å². The molecule has 2 aromatic carbocycles. The third-order valence-corrected chi connectivity index (χ3v) is 6.05. The molecule has 3 amide bonds. The Bertz CT molecular complexity index is 1230. The Hall–Kier alpha value is -3.45. The molecule has 8 heteroatoms. The van der Waals surface area contributed by atoms with Gasteiger partial charge in [-0.1, -0.05) is 17.7 Å². The van der Waals surface area contributed by atoms with Gasteiger partial charge in [0.25, 0.3) is 5.91 Å². The van der Waals surface area contributed by atoms with Crippen molar-refractivity contribution in [2.75, 3.05) is 0 Å². The van der Waals surface area contributed by atoms with Gasteiger partial charge in [-0.2, -0.15) is 0 Å². The number of benzene rings is 2. The number of imide groups is 1. The van der Waals surface area contributed by atoms with Crippen molar-refractivity contribution in [3.63, 3.8) is 0 Å². The Labute approximate surface area is 183 Å². The van der Waals surface area contributed by atoms with Crippen LogP contribution in [0.5, 0.6) is 0 Å². The van der Waals surface area contributed by atoms with Crippen LogP contribution < -0.4 is 5.32 Å². The monoisotopic (exact) mass is 434 g/mol. The molecule has 0 radical (unpaired) electrons. The zero-order valence-electron chi connectivity index (χ0n) is 16.8. The first-order chi connectivity index (χ1) is 14.9. The van der Waals surface area contributed by atoms with Crippen LogP contribution in [0.3, 0.4) is 0 Å². The average Bonchev–Trinajstić information content (AvgIpc) is 3.29. The molecule has 31 heavy (non-hydrogen) atoms. The van der Waals surface area contributed by atoms with Crippen LogP contribution in [-0.4, -0.2) is 38.2 Å². The van der Waals surface area contributed by atoms with E-state index >= 15 is 0 Å². The lowest BCUT2D eigenvalue weighted by Gasteiger charge is -2.29. The second-order valence-corrected chi connectivity index (χ2v) is 8.28. The summed E-state index contributed by atoms with van der Waals surface area (Å²) in [5.74, 6) is -0.0679. The van der Waals surface area contributed by atoms with Gasteiger partial charge in [0.1, 0.15) is 11.9 Å². The van der Waals surface area contributed by atoms with Gasteiger partial charge in [0.2, 0.25) is 11.8 Å². The molecule has 1 fully saturated rings. The minimum absolute atomic E-state index is 0.182. The van der Waals surface area contributed by atoms with Crippen molar-refractivity contribution in [2.45, 2.75) is 25.4 Å². The fourth-order valence-electron chi connectivity index (χ4n) is 4.21. The van der Waals surface area contributed by atoms with Crippen LogP contribution in [0.1, 0.15) is 28.8 Å². The molecule has 2 aliphatic heterocycles. The summed E-state index contributed by atoms with van der Waals surface area (Å²) in [5.41, 5.74) is 4.08. The Morgan fingerprint density at radius 3 is 2.55 bits per heavy atom. The second-order valence-electron chi connectivity index (χ2n) is 7.84. The van der Waals surface area contributed by atoms with Crippen molar-refractivity contribution in [2.24, 2.45) is 7.05 Å². The predicted molar refractivity (Wildman–Crippen MR) is 115 cm³/mol. The minimum atomic E-state index is -0.618. The maximum atomic E-state index is 12.9. The highest BCUT2D eigenvalue weighted by Gasteiger charge is 2.39.